The summed E-state index contributed by atoms with van der Waals surface area (Å²) in [5.74, 6) is -0.935. The van der Waals surface area contributed by atoms with Crippen LogP contribution in [0.25, 0.3) is 0 Å². The van der Waals surface area contributed by atoms with E-state index in [1.165, 1.54) is 7.11 Å². The number of fused-ring (bicyclic) bond motifs is 1. The molecule has 1 atom stereocenters. The molecule has 0 amide bonds. The van der Waals surface area contributed by atoms with Crippen LogP contribution in [0.1, 0.15) is 47.4 Å². The van der Waals surface area contributed by atoms with Crippen LogP contribution in [-0.2, 0) is 9.53 Å². The Kier molecular flexibility index (Phi) is 5.78. The summed E-state index contributed by atoms with van der Waals surface area (Å²) in [4.78, 5) is 37.0. The van der Waals surface area contributed by atoms with Gasteiger partial charge in [0, 0.05) is 11.1 Å². The Hall–Kier alpha value is -2.14. The highest BCUT2D eigenvalue weighted by Crippen LogP contribution is 2.27. The highest BCUT2D eigenvalue weighted by atomic mass is 35.5. The van der Waals surface area contributed by atoms with Crippen LogP contribution in [0, 0.1) is 5.92 Å². The fourth-order valence-corrected chi connectivity index (χ4v) is 2.78. The Balaban J connectivity index is 2.32. The molecule has 1 unspecified atom stereocenters. The molecule has 0 saturated heterocycles. The van der Waals surface area contributed by atoms with Crippen molar-refractivity contribution >= 4 is 29.1 Å². The maximum Gasteiger partial charge on any atom is 0.328 e. The van der Waals surface area contributed by atoms with Gasteiger partial charge in [-0.1, -0.05) is 49.7 Å². The highest BCUT2D eigenvalue weighted by molar-refractivity contribution is 6.49. The number of carbonyl (C=O) groups is 3. The van der Waals surface area contributed by atoms with Gasteiger partial charge in [0.2, 0.25) is 11.6 Å². The van der Waals surface area contributed by atoms with Crippen molar-refractivity contribution in [1.82, 2.24) is 5.32 Å². The number of carbonyl (C=O) groups excluding carboxylic acids is 3. The van der Waals surface area contributed by atoms with Crippen molar-refractivity contribution in [1.29, 1.82) is 0 Å². The van der Waals surface area contributed by atoms with Gasteiger partial charge in [-0.05, 0) is 18.8 Å². The first-order chi connectivity index (χ1) is 11.4. The Labute approximate surface area is 146 Å². The van der Waals surface area contributed by atoms with Crippen molar-refractivity contribution in [2.45, 2.75) is 32.7 Å². The minimum Gasteiger partial charge on any atom is -0.467 e. The Morgan fingerprint density at radius 3 is 2.25 bits per heavy atom. The normalized spacial score (nSPS) is 15.4. The number of nitrogens with one attached hydrogen (secondary N) is 1. The quantitative estimate of drug-likeness (QED) is 0.799. The van der Waals surface area contributed by atoms with Crippen LogP contribution in [0.5, 0.6) is 0 Å². The van der Waals surface area contributed by atoms with Crippen LogP contribution in [0.3, 0.4) is 0 Å². The number of Topliss-reactive ketones (excluding diaryl/α,β-unsaturated/α-hetero) is 2. The minimum absolute atomic E-state index is 0.0421. The summed E-state index contributed by atoms with van der Waals surface area (Å²) < 4.78 is 4.79. The molecule has 5 nitrogen and oxygen atoms in total. The molecule has 24 heavy (non-hydrogen) atoms. The van der Waals surface area contributed by atoms with E-state index in [-0.39, 0.29) is 21.9 Å². The van der Waals surface area contributed by atoms with E-state index in [4.69, 9.17) is 16.3 Å². The zero-order chi connectivity index (χ0) is 17.9. The van der Waals surface area contributed by atoms with Crippen molar-refractivity contribution in [2.24, 2.45) is 5.92 Å². The first-order valence-corrected chi connectivity index (χ1v) is 8.17. The van der Waals surface area contributed by atoms with E-state index in [1.54, 1.807) is 24.3 Å². The number of methoxy groups -OCH3 is 1. The van der Waals surface area contributed by atoms with Crippen molar-refractivity contribution < 1.29 is 19.1 Å². The second-order valence-corrected chi connectivity index (χ2v) is 6.46. The molecule has 6 heteroatoms. The molecule has 0 bridgehead atoms. The molecule has 0 heterocycles. The van der Waals surface area contributed by atoms with Gasteiger partial charge in [0.25, 0.3) is 0 Å². The van der Waals surface area contributed by atoms with Crippen molar-refractivity contribution in [3.8, 4) is 0 Å². The summed E-state index contributed by atoms with van der Waals surface area (Å²) in [5.41, 5.74) is 0.510. The van der Waals surface area contributed by atoms with Crippen LogP contribution in [-0.4, -0.2) is 30.7 Å². The van der Waals surface area contributed by atoms with E-state index in [1.807, 2.05) is 13.8 Å². The van der Waals surface area contributed by atoms with E-state index in [9.17, 15) is 14.4 Å². The fourth-order valence-electron chi connectivity index (χ4n) is 2.54. The molecule has 0 fully saturated rings. The smallest absolute Gasteiger partial charge is 0.328 e. The zero-order valence-electron chi connectivity index (χ0n) is 13.9. The third-order valence-corrected chi connectivity index (χ3v) is 4.26. The number of rotatable bonds is 6. The van der Waals surface area contributed by atoms with Gasteiger partial charge < -0.3 is 10.1 Å². The largest absolute Gasteiger partial charge is 0.467 e. The van der Waals surface area contributed by atoms with Gasteiger partial charge in [-0.2, -0.15) is 0 Å². The number of esters is 1. The summed E-state index contributed by atoms with van der Waals surface area (Å²) in [7, 11) is 1.28. The van der Waals surface area contributed by atoms with E-state index >= 15 is 0 Å². The summed E-state index contributed by atoms with van der Waals surface area (Å²) in [5, 5.41) is 2.64. The number of hydrogen-bond donors (Lipinski definition) is 1. The topological polar surface area (TPSA) is 72.5 Å². The molecule has 1 aromatic carbocycles. The Morgan fingerprint density at radius 1 is 1.12 bits per heavy atom. The number of ketones is 2. The standard InChI is InChI=1S/C18H20ClNO4/c1-10(2)8-9-13(18(23)24-3)20-15-14(19)16(21)11-6-4-5-7-12(11)17(15)22/h4-7,10,13,20H,8-9H2,1-3H3. The number of ether oxygens (including phenoxy) is 1. The molecular formula is C18H20ClNO4. The Bertz CT molecular complexity index is 709. The lowest BCUT2D eigenvalue weighted by atomic mass is 9.92. The summed E-state index contributed by atoms with van der Waals surface area (Å²) in [6, 6.07) is 5.75. The van der Waals surface area contributed by atoms with Crippen LogP contribution in [0.2, 0.25) is 0 Å². The van der Waals surface area contributed by atoms with E-state index in [2.05, 4.69) is 5.32 Å². The van der Waals surface area contributed by atoms with Gasteiger partial charge in [-0.25, -0.2) is 4.79 Å². The van der Waals surface area contributed by atoms with Crippen LogP contribution in [0.4, 0.5) is 0 Å². The number of halogens is 1. The maximum atomic E-state index is 12.6. The molecule has 1 aromatic rings. The van der Waals surface area contributed by atoms with Gasteiger partial charge in [-0.15, -0.1) is 0 Å². The maximum absolute atomic E-state index is 12.6. The van der Waals surface area contributed by atoms with Gasteiger partial charge in [0.05, 0.1) is 7.11 Å². The molecule has 2 rings (SSSR count). The predicted molar refractivity (Wildman–Crippen MR) is 91.0 cm³/mol. The molecule has 0 aromatic heterocycles. The SMILES string of the molecule is COC(=O)C(CCC(C)C)NC1=C(Cl)C(=O)c2ccccc2C1=O. The number of allylic oxidation sites excluding steroid dienone is 2. The zero-order valence-corrected chi connectivity index (χ0v) is 14.6. The highest BCUT2D eigenvalue weighted by Gasteiger charge is 2.33. The predicted octanol–water partition coefficient (Wildman–Crippen LogP) is 3.08. The van der Waals surface area contributed by atoms with Crippen LogP contribution >= 0.6 is 11.6 Å². The monoisotopic (exact) mass is 349 g/mol. The molecule has 1 aliphatic rings. The lowest BCUT2D eigenvalue weighted by molar-refractivity contribution is -0.143. The van der Waals surface area contributed by atoms with E-state index < -0.39 is 23.6 Å². The molecule has 0 saturated carbocycles. The second kappa shape index (κ2) is 7.62. The molecule has 1 aliphatic carbocycles. The molecule has 0 radical (unpaired) electrons. The lowest BCUT2D eigenvalue weighted by Crippen LogP contribution is -2.41. The van der Waals surface area contributed by atoms with Gasteiger partial charge in [0.1, 0.15) is 16.8 Å². The lowest BCUT2D eigenvalue weighted by Gasteiger charge is -2.23. The van der Waals surface area contributed by atoms with Gasteiger partial charge in [-0.3, -0.25) is 9.59 Å². The average Bonchev–Trinajstić information content (AvgIpc) is 2.58. The molecule has 0 aliphatic heterocycles. The van der Waals surface area contributed by atoms with Gasteiger partial charge >= 0.3 is 5.97 Å². The van der Waals surface area contributed by atoms with E-state index in [0.717, 1.165) is 6.42 Å². The second-order valence-electron chi connectivity index (χ2n) is 6.08. The minimum atomic E-state index is -0.733. The first-order valence-electron chi connectivity index (χ1n) is 7.79. The van der Waals surface area contributed by atoms with Crippen LogP contribution < -0.4 is 5.32 Å². The van der Waals surface area contributed by atoms with Gasteiger partial charge in [0.15, 0.2) is 0 Å². The molecule has 0 spiro atoms. The van der Waals surface area contributed by atoms with Crippen molar-refractivity contribution in [2.75, 3.05) is 7.11 Å². The number of hydrogen-bond acceptors (Lipinski definition) is 5. The van der Waals surface area contributed by atoms with E-state index in [0.29, 0.717) is 12.3 Å². The molecule has 128 valence electrons. The average molecular weight is 350 g/mol. The first kappa shape index (κ1) is 18.2. The van der Waals surface area contributed by atoms with Crippen molar-refractivity contribution in [3.05, 3.63) is 46.1 Å². The number of benzene rings is 1. The van der Waals surface area contributed by atoms with Crippen molar-refractivity contribution in [3.63, 3.8) is 0 Å². The Morgan fingerprint density at radius 2 is 1.71 bits per heavy atom. The third kappa shape index (κ3) is 3.67. The fraction of sp³-hybridized carbons (Fsp3) is 0.389. The third-order valence-electron chi connectivity index (χ3n) is 3.90. The molecular weight excluding hydrogens is 330 g/mol. The summed E-state index contributed by atoms with van der Waals surface area (Å²) in [6.07, 6.45) is 1.23. The summed E-state index contributed by atoms with van der Waals surface area (Å²) >= 11 is 6.11. The van der Waals surface area contributed by atoms with Crippen LogP contribution in [0.15, 0.2) is 35.0 Å². The molecule has 1 N–H and O–H groups in total. The summed E-state index contributed by atoms with van der Waals surface area (Å²) in [6.45, 7) is 4.07.